The molecule has 0 atom stereocenters. The van der Waals surface area contributed by atoms with Gasteiger partial charge in [-0.1, -0.05) is 60.4 Å². The monoisotopic (exact) mass is 447 g/mol. The van der Waals surface area contributed by atoms with Gasteiger partial charge in [-0.3, -0.25) is 9.69 Å². The molecule has 7 heteroatoms. The number of carbonyl (C=O) groups is 1. The minimum absolute atomic E-state index is 0.114. The summed E-state index contributed by atoms with van der Waals surface area (Å²) >= 11 is 6.67. The van der Waals surface area contributed by atoms with Crippen LogP contribution in [0.3, 0.4) is 0 Å². The summed E-state index contributed by atoms with van der Waals surface area (Å²) in [5.41, 5.74) is 3.44. The SMILES string of the molecule is C=CCN1C(=O)/C(=C/c2cn(-c3ccccc3)nc2-c2cccc(OCC)c2)SC1=S. The second kappa shape index (κ2) is 9.32. The fourth-order valence-corrected chi connectivity index (χ4v) is 4.52. The lowest BCUT2D eigenvalue weighted by molar-refractivity contribution is -0.121. The maximum absolute atomic E-state index is 12.8. The molecule has 1 fully saturated rings. The number of thioether (sulfide) groups is 1. The maximum Gasteiger partial charge on any atom is 0.266 e. The highest BCUT2D eigenvalue weighted by atomic mass is 32.2. The zero-order valence-corrected chi connectivity index (χ0v) is 18.7. The Kier molecular flexibility index (Phi) is 6.34. The standard InChI is InChI=1S/C24H21N3O2S2/c1-3-13-26-23(28)21(31-24(26)30)15-18-16-27(19-10-6-5-7-11-19)25-22(18)17-9-8-12-20(14-17)29-4-2/h3,5-12,14-16H,1,4,13H2,2H3/b21-15-. The number of hydrogen-bond donors (Lipinski definition) is 0. The van der Waals surface area contributed by atoms with E-state index in [1.807, 2.05) is 78.5 Å². The largest absolute Gasteiger partial charge is 0.494 e. The quantitative estimate of drug-likeness (QED) is 0.278. The molecule has 1 aliphatic heterocycles. The van der Waals surface area contributed by atoms with Gasteiger partial charge in [0.15, 0.2) is 0 Å². The van der Waals surface area contributed by atoms with Crippen molar-refractivity contribution in [2.75, 3.05) is 13.2 Å². The molecule has 0 aliphatic carbocycles. The molecule has 0 radical (unpaired) electrons. The zero-order chi connectivity index (χ0) is 21.8. The van der Waals surface area contributed by atoms with Crippen molar-refractivity contribution >= 4 is 40.3 Å². The second-order valence-electron chi connectivity index (χ2n) is 6.76. The summed E-state index contributed by atoms with van der Waals surface area (Å²) in [6.45, 7) is 6.64. The van der Waals surface area contributed by atoms with E-state index in [0.29, 0.717) is 22.4 Å². The molecule has 0 N–H and O–H groups in total. The maximum atomic E-state index is 12.8. The zero-order valence-electron chi connectivity index (χ0n) is 17.0. The highest BCUT2D eigenvalue weighted by Gasteiger charge is 2.31. The Balaban J connectivity index is 1.80. The Morgan fingerprint density at radius 2 is 2.00 bits per heavy atom. The van der Waals surface area contributed by atoms with Gasteiger partial charge >= 0.3 is 0 Å². The molecule has 1 aliphatic rings. The van der Waals surface area contributed by atoms with E-state index >= 15 is 0 Å². The topological polar surface area (TPSA) is 47.4 Å². The molecule has 31 heavy (non-hydrogen) atoms. The van der Waals surface area contributed by atoms with E-state index in [9.17, 15) is 4.79 Å². The van der Waals surface area contributed by atoms with Crippen molar-refractivity contribution in [2.24, 2.45) is 0 Å². The number of carbonyl (C=O) groups excluding carboxylic acids is 1. The summed E-state index contributed by atoms with van der Waals surface area (Å²) in [5, 5.41) is 4.83. The van der Waals surface area contributed by atoms with E-state index in [0.717, 1.165) is 28.3 Å². The van der Waals surface area contributed by atoms with Crippen molar-refractivity contribution in [3.63, 3.8) is 0 Å². The van der Waals surface area contributed by atoms with Crippen LogP contribution < -0.4 is 4.74 Å². The second-order valence-corrected chi connectivity index (χ2v) is 8.43. The highest BCUT2D eigenvalue weighted by molar-refractivity contribution is 8.26. The first-order valence-electron chi connectivity index (χ1n) is 9.85. The number of nitrogens with zero attached hydrogens (tertiary/aromatic N) is 3. The Bertz CT molecular complexity index is 1170. The lowest BCUT2D eigenvalue weighted by Gasteiger charge is -2.10. The van der Waals surface area contributed by atoms with Crippen LogP contribution in [0.5, 0.6) is 5.75 Å². The van der Waals surface area contributed by atoms with Crippen molar-refractivity contribution in [1.29, 1.82) is 0 Å². The molecule has 2 aromatic carbocycles. The molecule has 1 amide bonds. The Labute approximate surface area is 191 Å². The smallest absolute Gasteiger partial charge is 0.266 e. The fraction of sp³-hybridized carbons (Fsp3) is 0.125. The fourth-order valence-electron chi connectivity index (χ4n) is 3.26. The van der Waals surface area contributed by atoms with Gasteiger partial charge in [-0.25, -0.2) is 4.68 Å². The lowest BCUT2D eigenvalue weighted by atomic mass is 10.1. The lowest BCUT2D eigenvalue weighted by Crippen LogP contribution is -2.27. The molecule has 0 spiro atoms. The first-order chi connectivity index (χ1) is 15.1. The summed E-state index contributed by atoms with van der Waals surface area (Å²) < 4.78 is 8.02. The van der Waals surface area contributed by atoms with Crippen molar-refractivity contribution in [3.05, 3.63) is 83.9 Å². The Hall–Kier alpha value is -3.16. The van der Waals surface area contributed by atoms with Gasteiger partial charge in [0.25, 0.3) is 5.91 Å². The van der Waals surface area contributed by atoms with Crippen LogP contribution in [0.15, 0.2) is 78.4 Å². The molecule has 3 aromatic rings. The molecule has 2 heterocycles. The third-order valence-electron chi connectivity index (χ3n) is 4.65. The van der Waals surface area contributed by atoms with E-state index < -0.39 is 0 Å². The third kappa shape index (κ3) is 4.47. The number of para-hydroxylation sites is 1. The van der Waals surface area contributed by atoms with Crippen molar-refractivity contribution in [3.8, 4) is 22.7 Å². The molecule has 0 bridgehead atoms. The average Bonchev–Trinajstić information content (AvgIpc) is 3.32. The van der Waals surface area contributed by atoms with Gasteiger partial charge in [0.2, 0.25) is 0 Å². The van der Waals surface area contributed by atoms with Gasteiger partial charge in [0, 0.05) is 23.9 Å². The van der Waals surface area contributed by atoms with Gasteiger partial charge in [0.1, 0.15) is 15.8 Å². The third-order valence-corrected chi connectivity index (χ3v) is 6.03. The number of ether oxygens (including phenoxy) is 1. The summed E-state index contributed by atoms with van der Waals surface area (Å²) in [4.78, 5) is 15.0. The predicted molar refractivity (Wildman–Crippen MR) is 130 cm³/mol. The Morgan fingerprint density at radius 1 is 1.19 bits per heavy atom. The number of aromatic nitrogens is 2. The first kappa shape index (κ1) is 21.1. The van der Waals surface area contributed by atoms with E-state index in [4.69, 9.17) is 22.1 Å². The molecular weight excluding hydrogens is 426 g/mol. The van der Waals surface area contributed by atoms with Gasteiger partial charge in [0.05, 0.1) is 17.2 Å². The van der Waals surface area contributed by atoms with Crippen LogP contribution >= 0.6 is 24.0 Å². The number of hydrogen-bond acceptors (Lipinski definition) is 5. The van der Waals surface area contributed by atoms with Gasteiger partial charge in [-0.2, -0.15) is 5.10 Å². The summed E-state index contributed by atoms with van der Waals surface area (Å²) in [6.07, 6.45) is 5.46. The number of thiocarbonyl (C=S) groups is 1. The van der Waals surface area contributed by atoms with Crippen LogP contribution in [0.4, 0.5) is 0 Å². The van der Waals surface area contributed by atoms with E-state index in [2.05, 4.69) is 6.58 Å². The van der Waals surface area contributed by atoms with Crippen LogP contribution in [0.2, 0.25) is 0 Å². The van der Waals surface area contributed by atoms with Crippen LogP contribution in [0, 0.1) is 0 Å². The van der Waals surface area contributed by atoms with Crippen LogP contribution in [0.25, 0.3) is 23.0 Å². The van der Waals surface area contributed by atoms with Crippen LogP contribution in [-0.2, 0) is 4.79 Å². The molecule has 1 aromatic heterocycles. The number of amides is 1. The van der Waals surface area contributed by atoms with Crippen molar-refractivity contribution in [1.82, 2.24) is 14.7 Å². The molecule has 0 saturated carbocycles. The average molecular weight is 448 g/mol. The van der Waals surface area contributed by atoms with Crippen LogP contribution in [-0.4, -0.2) is 38.1 Å². The first-order valence-corrected chi connectivity index (χ1v) is 11.1. The van der Waals surface area contributed by atoms with E-state index in [1.165, 1.54) is 11.8 Å². The minimum atomic E-state index is -0.114. The summed E-state index contributed by atoms with van der Waals surface area (Å²) in [6, 6.07) is 17.7. The minimum Gasteiger partial charge on any atom is -0.494 e. The van der Waals surface area contributed by atoms with Gasteiger partial charge in [-0.05, 0) is 37.3 Å². The van der Waals surface area contributed by atoms with Crippen molar-refractivity contribution < 1.29 is 9.53 Å². The van der Waals surface area contributed by atoms with Crippen molar-refractivity contribution in [2.45, 2.75) is 6.92 Å². The molecule has 156 valence electrons. The highest BCUT2D eigenvalue weighted by Crippen LogP contribution is 2.35. The van der Waals surface area contributed by atoms with Crippen LogP contribution in [0.1, 0.15) is 12.5 Å². The molecule has 1 saturated heterocycles. The van der Waals surface area contributed by atoms with Gasteiger partial charge < -0.3 is 4.74 Å². The normalized spacial score (nSPS) is 15.0. The number of rotatable bonds is 7. The molecule has 4 rings (SSSR count). The Morgan fingerprint density at radius 3 is 2.74 bits per heavy atom. The predicted octanol–water partition coefficient (Wildman–Crippen LogP) is 5.33. The van der Waals surface area contributed by atoms with E-state index in [-0.39, 0.29) is 5.91 Å². The van der Waals surface area contributed by atoms with E-state index in [1.54, 1.807) is 11.0 Å². The molecule has 0 unspecified atom stereocenters. The number of benzene rings is 2. The molecule has 5 nitrogen and oxygen atoms in total. The van der Waals surface area contributed by atoms with Gasteiger partial charge in [-0.15, -0.1) is 6.58 Å². The summed E-state index contributed by atoms with van der Waals surface area (Å²) in [7, 11) is 0. The molecular formula is C24H21N3O2S2. The summed E-state index contributed by atoms with van der Waals surface area (Å²) in [5.74, 6) is 0.661.